The largest absolute Gasteiger partial charge is 0.366 e. The Kier molecular flexibility index (Phi) is 2.77. The fourth-order valence-electron chi connectivity index (χ4n) is 1.25. The van der Waals surface area contributed by atoms with E-state index in [-0.39, 0.29) is 11.8 Å². The lowest BCUT2D eigenvalue weighted by Gasteiger charge is -1.97. The van der Waals surface area contributed by atoms with Crippen LogP contribution in [0.1, 0.15) is 36.1 Å². The van der Waals surface area contributed by atoms with Gasteiger partial charge >= 0.3 is 0 Å². The zero-order chi connectivity index (χ0) is 12.4. The van der Waals surface area contributed by atoms with Crippen molar-refractivity contribution in [3.8, 4) is 0 Å². The highest BCUT2D eigenvalue weighted by atomic mass is 16.2. The first-order valence-electron chi connectivity index (χ1n) is 5.11. The average Bonchev–Trinajstić information content (AvgIpc) is 2.86. The monoisotopic (exact) mass is 235 g/mol. The van der Waals surface area contributed by atoms with Gasteiger partial charge in [0.15, 0.2) is 5.82 Å². The molecule has 2 heterocycles. The van der Waals surface area contributed by atoms with E-state index in [4.69, 9.17) is 5.73 Å². The minimum absolute atomic E-state index is 0.0278. The first-order chi connectivity index (χ1) is 8.06. The molecule has 0 aromatic carbocycles. The van der Waals surface area contributed by atoms with Crippen molar-refractivity contribution in [2.75, 3.05) is 11.1 Å². The molecule has 0 radical (unpaired) electrons. The summed E-state index contributed by atoms with van der Waals surface area (Å²) < 4.78 is 0. The van der Waals surface area contributed by atoms with Crippen LogP contribution in [-0.4, -0.2) is 31.3 Å². The van der Waals surface area contributed by atoms with Gasteiger partial charge in [-0.1, -0.05) is 13.8 Å². The Morgan fingerprint density at radius 1 is 1.41 bits per heavy atom. The molecular weight excluding hydrogens is 222 g/mol. The number of nitrogens with two attached hydrogens (primary N) is 1. The average molecular weight is 235 g/mol. The molecular formula is C9H13N7O. The molecule has 0 saturated carbocycles. The van der Waals surface area contributed by atoms with Gasteiger partial charge in [0, 0.05) is 11.8 Å². The highest BCUT2D eigenvalue weighted by Crippen LogP contribution is 2.14. The Hall–Kier alpha value is -2.38. The van der Waals surface area contributed by atoms with E-state index < -0.39 is 5.91 Å². The molecule has 2 rings (SSSR count). The van der Waals surface area contributed by atoms with Crippen molar-refractivity contribution in [2.24, 2.45) is 0 Å². The quantitative estimate of drug-likeness (QED) is 0.615. The standard InChI is InChI=1S/C9H13N7O/c1-4(2)5-3-6(14-13-5)11-8(17)7-12-9(10)16-15-7/h3-4H,1-2H3,(H3,10,12,15,16)(H2,11,13,14,17). The van der Waals surface area contributed by atoms with Crippen molar-refractivity contribution < 1.29 is 4.79 Å². The SMILES string of the molecule is CC(C)c1cc(NC(=O)c2nc(N)n[nH]2)n[nH]1. The van der Waals surface area contributed by atoms with Crippen LogP contribution in [0.2, 0.25) is 0 Å². The van der Waals surface area contributed by atoms with Crippen LogP contribution in [0.15, 0.2) is 6.07 Å². The zero-order valence-corrected chi connectivity index (χ0v) is 9.48. The zero-order valence-electron chi connectivity index (χ0n) is 9.48. The van der Waals surface area contributed by atoms with Gasteiger partial charge < -0.3 is 11.1 Å². The van der Waals surface area contributed by atoms with Gasteiger partial charge in [-0.15, -0.1) is 5.10 Å². The number of aromatic nitrogens is 5. The predicted molar refractivity (Wildman–Crippen MR) is 61.4 cm³/mol. The molecule has 1 amide bonds. The molecule has 2 aromatic rings. The highest BCUT2D eigenvalue weighted by molar-refractivity contribution is 6.01. The third kappa shape index (κ3) is 2.41. The third-order valence-electron chi connectivity index (χ3n) is 2.18. The smallest absolute Gasteiger partial charge is 0.294 e. The number of carbonyl (C=O) groups excluding carboxylic acids is 1. The Bertz CT molecular complexity index is 527. The number of nitrogen functional groups attached to an aromatic ring is 1. The summed E-state index contributed by atoms with van der Waals surface area (Å²) in [5.41, 5.74) is 6.24. The first-order valence-corrected chi connectivity index (χ1v) is 5.11. The molecule has 0 unspecified atom stereocenters. The molecule has 0 aliphatic rings. The number of nitrogens with one attached hydrogen (secondary N) is 3. The molecule has 0 saturated heterocycles. The molecule has 0 aliphatic carbocycles. The number of aromatic amines is 2. The predicted octanol–water partition coefficient (Wildman–Crippen LogP) is 0.486. The summed E-state index contributed by atoms with van der Waals surface area (Å²) in [5.74, 6) is 0.399. The lowest BCUT2D eigenvalue weighted by Crippen LogP contribution is -2.14. The summed E-state index contributed by atoms with van der Waals surface area (Å²) in [7, 11) is 0. The molecule has 90 valence electrons. The molecule has 0 atom stereocenters. The number of H-pyrrole nitrogens is 2. The lowest BCUT2D eigenvalue weighted by molar-refractivity contribution is 0.101. The number of rotatable bonds is 3. The van der Waals surface area contributed by atoms with Crippen molar-refractivity contribution in [1.29, 1.82) is 0 Å². The third-order valence-corrected chi connectivity index (χ3v) is 2.18. The normalized spacial score (nSPS) is 10.8. The van der Waals surface area contributed by atoms with Crippen molar-refractivity contribution in [3.05, 3.63) is 17.6 Å². The van der Waals surface area contributed by atoms with Crippen LogP contribution in [0.4, 0.5) is 11.8 Å². The van der Waals surface area contributed by atoms with Crippen LogP contribution in [-0.2, 0) is 0 Å². The fourth-order valence-corrected chi connectivity index (χ4v) is 1.25. The van der Waals surface area contributed by atoms with Gasteiger partial charge in [-0.3, -0.25) is 15.0 Å². The minimum atomic E-state index is -0.434. The van der Waals surface area contributed by atoms with Crippen LogP contribution in [0, 0.1) is 0 Å². The van der Waals surface area contributed by atoms with Crippen LogP contribution >= 0.6 is 0 Å². The Labute approximate surface area is 97.0 Å². The van der Waals surface area contributed by atoms with E-state index in [0.29, 0.717) is 11.7 Å². The number of hydrogen-bond donors (Lipinski definition) is 4. The molecule has 8 nitrogen and oxygen atoms in total. The van der Waals surface area contributed by atoms with Gasteiger partial charge in [0.2, 0.25) is 11.8 Å². The summed E-state index contributed by atoms with van der Waals surface area (Å²) in [5, 5.41) is 15.4. The van der Waals surface area contributed by atoms with Crippen LogP contribution in [0.3, 0.4) is 0 Å². The van der Waals surface area contributed by atoms with Crippen molar-refractivity contribution in [2.45, 2.75) is 19.8 Å². The number of carbonyl (C=O) groups is 1. The summed E-state index contributed by atoms with van der Waals surface area (Å²) in [6.45, 7) is 4.05. The van der Waals surface area contributed by atoms with Gasteiger partial charge in [0.1, 0.15) is 0 Å². The number of hydrogen-bond acceptors (Lipinski definition) is 5. The molecule has 0 spiro atoms. The Morgan fingerprint density at radius 3 is 2.71 bits per heavy atom. The lowest BCUT2D eigenvalue weighted by atomic mass is 10.1. The Balaban J connectivity index is 2.07. The topological polar surface area (TPSA) is 125 Å². The second-order valence-electron chi connectivity index (χ2n) is 3.86. The second kappa shape index (κ2) is 4.24. The maximum absolute atomic E-state index is 11.7. The molecule has 5 N–H and O–H groups in total. The van der Waals surface area contributed by atoms with E-state index in [9.17, 15) is 4.79 Å². The molecule has 17 heavy (non-hydrogen) atoms. The van der Waals surface area contributed by atoms with E-state index in [0.717, 1.165) is 5.69 Å². The summed E-state index contributed by atoms with van der Waals surface area (Å²) in [6.07, 6.45) is 0. The van der Waals surface area contributed by atoms with E-state index in [1.807, 2.05) is 13.8 Å². The molecule has 2 aromatic heterocycles. The van der Waals surface area contributed by atoms with E-state index in [2.05, 4.69) is 30.7 Å². The van der Waals surface area contributed by atoms with E-state index >= 15 is 0 Å². The maximum atomic E-state index is 11.7. The number of anilines is 2. The Morgan fingerprint density at radius 2 is 2.18 bits per heavy atom. The maximum Gasteiger partial charge on any atom is 0.294 e. The van der Waals surface area contributed by atoms with Gasteiger partial charge in [-0.25, -0.2) is 0 Å². The van der Waals surface area contributed by atoms with Gasteiger partial charge in [-0.05, 0) is 5.92 Å². The summed E-state index contributed by atoms with van der Waals surface area (Å²) >= 11 is 0. The highest BCUT2D eigenvalue weighted by Gasteiger charge is 2.13. The fraction of sp³-hybridized carbons (Fsp3) is 0.333. The molecule has 0 fully saturated rings. The van der Waals surface area contributed by atoms with Gasteiger partial charge in [0.25, 0.3) is 5.91 Å². The van der Waals surface area contributed by atoms with E-state index in [1.165, 1.54) is 0 Å². The molecule has 0 aliphatic heterocycles. The summed E-state index contributed by atoms with van der Waals surface area (Å²) in [4.78, 5) is 15.4. The van der Waals surface area contributed by atoms with Crippen molar-refractivity contribution in [3.63, 3.8) is 0 Å². The minimum Gasteiger partial charge on any atom is -0.366 e. The summed E-state index contributed by atoms with van der Waals surface area (Å²) in [6, 6.07) is 1.77. The van der Waals surface area contributed by atoms with Crippen LogP contribution < -0.4 is 11.1 Å². The first kappa shape index (κ1) is 11.1. The number of amides is 1. The van der Waals surface area contributed by atoms with Crippen molar-refractivity contribution >= 4 is 17.7 Å². The van der Waals surface area contributed by atoms with E-state index in [1.54, 1.807) is 6.07 Å². The van der Waals surface area contributed by atoms with Crippen LogP contribution in [0.25, 0.3) is 0 Å². The molecule has 8 heteroatoms. The molecule has 0 bridgehead atoms. The van der Waals surface area contributed by atoms with Gasteiger partial charge in [-0.2, -0.15) is 10.1 Å². The van der Waals surface area contributed by atoms with Crippen molar-refractivity contribution in [1.82, 2.24) is 25.4 Å². The van der Waals surface area contributed by atoms with Crippen LogP contribution in [0.5, 0.6) is 0 Å². The van der Waals surface area contributed by atoms with Gasteiger partial charge in [0.05, 0.1) is 0 Å². The number of nitrogens with zero attached hydrogens (tertiary/aromatic N) is 3. The second-order valence-corrected chi connectivity index (χ2v) is 3.86.